The lowest BCUT2D eigenvalue weighted by molar-refractivity contribution is 0.106. The minimum absolute atomic E-state index is 0.201. The first-order chi connectivity index (χ1) is 8.53. The van der Waals surface area contributed by atoms with Gasteiger partial charge < -0.3 is 0 Å². The fourth-order valence-corrected chi connectivity index (χ4v) is 1.72. The van der Waals surface area contributed by atoms with Crippen LogP contribution in [-0.4, -0.2) is 40.6 Å². The maximum absolute atomic E-state index is 12.0. The summed E-state index contributed by atoms with van der Waals surface area (Å²) in [5.41, 5.74) is 2.07. The molecule has 0 amide bonds. The second kappa shape index (κ2) is 6.75. The summed E-state index contributed by atoms with van der Waals surface area (Å²) in [6, 6.07) is -1.16. The summed E-state index contributed by atoms with van der Waals surface area (Å²) in [5.74, 6) is 0. The third-order valence-electron chi connectivity index (χ3n) is 1.95. The molecule has 1 aliphatic rings. The van der Waals surface area contributed by atoms with Crippen molar-refractivity contribution in [1.82, 2.24) is 5.43 Å². The normalized spacial score (nSPS) is 18.9. The first-order valence-electron chi connectivity index (χ1n) is 4.83. The van der Waals surface area contributed by atoms with Crippen LogP contribution < -0.4 is 5.43 Å². The van der Waals surface area contributed by atoms with Crippen molar-refractivity contribution in [3.8, 4) is 0 Å². The zero-order valence-corrected chi connectivity index (χ0v) is 11.7. The van der Waals surface area contributed by atoms with Crippen LogP contribution >= 0.6 is 0 Å². The van der Waals surface area contributed by atoms with E-state index >= 15 is 0 Å². The maximum Gasteiger partial charge on any atom is 0.260 e. The lowest BCUT2D eigenvalue weighted by atomic mass is 10.2. The molecule has 110 valence electrons. The van der Waals surface area contributed by atoms with E-state index in [0.29, 0.717) is 0 Å². The van der Waals surface area contributed by atoms with Gasteiger partial charge in [0.05, 0.1) is 0 Å². The first kappa shape index (κ1) is 17.7. The second-order valence-corrected chi connectivity index (χ2v) is 7.33. The van der Waals surface area contributed by atoms with Gasteiger partial charge in [-0.15, -0.1) is 0 Å². The van der Waals surface area contributed by atoms with Gasteiger partial charge in [0.1, 0.15) is 6.04 Å². The van der Waals surface area contributed by atoms with Gasteiger partial charge >= 0.3 is 0 Å². The van der Waals surface area contributed by atoms with Gasteiger partial charge in [0.25, 0.3) is 6.43 Å². The Morgan fingerprint density at radius 3 is 1.95 bits per heavy atom. The Hall–Kier alpha value is -1.29. The highest BCUT2D eigenvalue weighted by Gasteiger charge is 2.30. The summed E-state index contributed by atoms with van der Waals surface area (Å²) >= 11 is 0. The van der Waals surface area contributed by atoms with E-state index in [-0.39, 0.29) is 11.5 Å². The Morgan fingerprint density at radius 1 is 1.32 bits per heavy atom. The number of alkyl halides is 2. The van der Waals surface area contributed by atoms with E-state index < -0.39 is 32.1 Å². The molecule has 0 radical (unpaired) electrons. The number of nitrogens with one attached hydrogen (secondary N) is 1. The van der Waals surface area contributed by atoms with E-state index in [0.717, 1.165) is 17.1 Å². The van der Waals surface area contributed by atoms with Crippen molar-refractivity contribution in [2.45, 2.75) is 18.9 Å². The van der Waals surface area contributed by atoms with Gasteiger partial charge in [-0.2, -0.15) is 5.10 Å². The highest BCUT2D eigenvalue weighted by atomic mass is 32.2. The monoisotopic (exact) mass is 316 g/mol. The molecule has 1 heterocycles. The Morgan fingerprint density at radius 2 is 1.79 bits per heavy atom. The van der Waals surface area contributed by atoms with Crippen molar-refractivity contribution in [3.63, 3.8) is 0 Å². The summed E-state index contributed by atoms with van der Waals surface area (Å²) in [5, 5.41) is 4.80. The highest BCUT2D eigenvalue weighted by Crippen LogP contribution is 2.13. The quantitative estimate of drug-likeness (QED) is 0.825. The lowest BCUT2D eigenvalue weighted by Crippen LogP contribution is -2.28. The molecular weight excluding hydrogens is 302 g/mol. The standard InChI is InChI=1S/C5H8F2N2O2S.C4H6O2S/c1-12(10,11)4-2-3(5(6)7)8-9-4;1-3-7(5,6)4-2/h3,5,8H,2H2,1H3;3-4H,1-2H2. The minimum Gasteiger partial charge on any atom is -0.300 e. The summed E-state index contributed by atoms with van der Waals surface area (Å²) in [7, 11) is -6.54. The predicted molar refractivity (Wildman–Crippen MR) is 69.1 cm³/mol. The van der Waals surface area contributed by atoms with Crippen LogP contribution in [0.1, 0.15) is 6.42 Å². The van der Waals surface area contributed by atoms with Gasteiger partial charge in [0.2, 0.25) is 0 Å². The molecule has 0 saturated heterocycles. The lowest BCUT2D eigenvalue weighted by Gasteiger charge is -2.05. The van der Waals surface area contributed by atoms with Gasteiger partial charge in [0.15, 0.2) is 24.7 Å². The molecule has 19 heavy (non-hydrogen) atoms. The number of hydrogen-bond donors (Lipinski definition) is 1. The summed E-state index contributed by atoms with van der Waals surface area (Å²) in [6.45, 7) is 6.09. The van der Waals surface area contributed by atoms with Crippen LogP contribution in [-0.2, 0) is 19.7 Å². The fraction of sp³-hybridized carbons (Fsp3) is 0.444. The van der Waals surface area contributed by atoms with E-state index in [1.54, 1.807) is 0 Å². The zero-order valence-electron chi connectivity index (χ0n) is 10.1. The highest BCUT2D eigenvalue weighted by molar-refractivity contribution is 8.05. The fourth-order valence-electron chi connectivity index (χ4n) is 0.882. The third kappa shape index (κ3) is 6.43. The van der Waals surface area contributed by atoms with E-state index in [9.17, 15) is 25.6 Å². The molecule has 1 rings (SSSR count). The first-order valence-corrected chi connectivity index (χ1v) is 8.34. The molecule has 1 atom stereocenters. The van der Waals surface area contributed by atoms with E-state index in [1.165, 1.54) is 0 Å². The minimum atomic E-state index is -3.41. The van der Waals surface area contributed by atoms with Crippen molar-refractivity contribution in [3.05, 3.63) is 24.0 Å². The number of hydrogen-bond acceptors (Lipinski definition) is 6. The Balaban J connectivity index is 0.000000399. The van der Waals surface area contributed by atoms with Gasteiger partial charge in [-0.05, 0) is 0 Å². The number of nitrogens with zero attached hydrogens (tertiary/aromatic N) is 1. The molecule has 0 aromatic carbocycles. The molecule has 1 N–H and O–H groups in total. The summed E-state index contributed by atoms with van der Waals surface area (Å²) < 4.78 is 65.8. The molecule has 0 aliphatic carbocycles. The van der Waals surface area contributed by atoms with Crippen molar-refractivity contribution >= 4 is 24.7 Å². The number of rotatable bonds is 3. The smallest absolute Gasteiger partial charge is 0.260 e. The van der Waals surface area contributed by atoms with Crippen LogP contribution in [0.5, 0.6) is 0 Å². The maximum atomic E-state index is 12.0. The van der Waals surface area contributed by atoms with Gasteiger partial charge in [-0.3, -0.25) is 5.43 Å². The zero-order chi connectivity index (χ0) is 15.3. The average Bonchev–Trinajstić information content (AvgIpc) is 2.79. The molecule has 1 aliphatic heterocycles. The number of hydrazone groups is 1. The van der Waals surface area contributed by atoms with E-state index in [2.05, 4.69) is 23.7 Å². The number of sulfone groups is 2. The van der Waals surface area contributed by atoms with Gasteiger partial charge in [-0.25, -0.2) is 25.6 Å². The van der Waals surface area contributed by atoms with Crippen LogP contribution in [0.3, 0.4) is 0 Å². The second-order valence-electron chi connectivity index (χ2n) is 3.47. The van der Waals surface area contributed by atoms with Crippen molar-refractivity contribution in [1.29, 1.82) is 0 Å². The molecular formula is C9H14F2N2O4S2. The molecule has 0 aromatic heterocycles. The van der Waals surface area contributed by atoms with E-state index in [4.69, 9.17) is 0 Å². The van der Waals surface area contributed by atoms with Crippen LogP contribution in [0.4, 0.5) is 8.78 Å². The third-order valence-corrected chi connectivity index (χ3v) is 3.99. The summed E-state index contributed by atoms with van der Waals surface area (Å²) in [4.78, 5) is 0. The van der Waals surface area contributed by atoms with E-state index in [1.807, 2.05) is 0 Å². The molecule has 0 fully saturated rings. The molecule has 1 unspecified atom stereocenters. The molecule has 0 aromatic rings. The Labute approximate surface area is 110 Å². The van der Waals surface area contributed by atoms with Crippen LogP contribution in [0.15, 0.2) is 29.1 Å². The average molecular weight is 316 g/mol. The van der Waals surface area contributed by atoms with Gasteiger partial charge in [0, 0.05) is 23.5 Å². The van der Waals surface area contributed by atoms with Crippen LogP contribution in [0.25, 0.3) is 0 Å². The van der Waals surface area contributed by atoms with Crippen LogP contribution in [0, 0.1) is 0 Å². The predicted octanol–water partition coefficient (Wildman–Crippen LogP) is 0.660. The van der Waals surface area contributed by atoms with Crippen molar-refractivity contribution in [2.75, 3.05) is 6.26 Å². The molecule has 0 bridgehead atoms. The van der Waals surface area contributed by atoms with Crippen LogP contribution in [0.2, 0.25) is 0 Å². The largest absolute Gasteiger partial charge is 0.300 e. The van der Waals surface area contributed by atoms with Crippen molar-refractivity contribution < 1.29 is 25.6 Å². The van der Waals surface area contributed by atoms with Crippen molar-refractivity contribution in [2.24, 2.45) is 5.10 Å². The topological polar surface area (TPSA) is 92.7 Å². The van der Waals surface area contributed by atoms with Gasteiger partial charge in [-0.1, -0.05) is 13.2 Å². The molecule has 10 heteroatoms. The Bertz CT molecular complexity index is 553. The Kier molecular flexibility index (Phi) is 6.30. The molecule has 6 nitrogen and oxygen atoms in total. The SMILES string of the molecule is C=CS(=O)(=O)C=C.CS(=O)(=O)C1=NNC(C(F)F)C1. The molecule has 0 spiro atoms. The number of halogens is 2. The summed E-state index contributed by atoms with van der Waals surface area (Å²) in [6.07, 6.45) is -1.87. The molecule has 0 saturated carbocycles.